The van der Waals surface area contributed by atoms with Gasteiger partial charge < -0.3 is 29.6 Å². The molecule has 3 aromatic carbocycles. The van der Waals surface area contributed by atoms with Crippen molar-refractivity contribution in [2.24, 2.45) is 0 Å². The van der Waals surface area contributed by atoms with Gasteiger partial charge in [0.15, 0.2) is 0 Å². The third kappa shape index (κ3) is 6.24. The summed E-state index contributed by atoms with van der Waals surface area (Å²) in [6.45, 7) is 10.6. The fourth-order valence-corrected chi connectivity index (χ4v) is 4.15. The molecule has 0 atom stereocenters. The molecule has 3 nitrogen and oxygen atoms in total. The maximum absolute atomic E-state index is 13.7. The van der Waals surface area contributed by atoms with Crippen LogP contribution in [0.4, 0.5) is 14.5 Å². The Morgan fingerprint density at radius 3 is 2.14 bits per heavy atom. The molecule has 1 aliphatic heterocycles. The minimum absolute atomic E-state index is 0. The van der Waals surface area contributed by atoms with E-state index in [0.29, 0.717) is 5.56 Å². The van der Waals surface area contributed by atoms with Crippen LogP contribution >= 0.6 is 0 Å². The number of anilines is 1. The number of hydrogen-bond acceptors (Lipinski definition) is 1. The maximum Gasteiger partial charge on any atom is 0.129 e. The number of fused-ring (bicyclic) bond motifs is 2. The van der Waals surface area contributed by atoms with Crippen LogP contribution in [0.25, 0.3) is 27.5 Å². The van der Waals surface area contributed by atoms with E-state index >= 15 is 0 Å². The van der Waals surface area contributed by atoms with E-state index in [2.05, 4.69) is 26.8 Å². The van der Waals surface area contributed by atoms with Crippen LogP contribution in [0.15, 0.2) is 71.1 Å². The van der Waals surface area contributed by atoms with Gasteiger partial charge in [-0.25, -0.2) is 15.7 Å². The molecule has 37 heavy (non-hydrogen) atoms. The van der Waals surface area contributed by atoms with Crippen molar-refractivity contribution in [1.29, 1.82) is 0 Å². The Kier molecular flexibility index (Phi) is 11.6. The normalized spacial score (nSPS) is 13.3. The van der Waals surface area contributed by atoms with Crippen molar-refractivity contribution in [2.45, 2.75) is 33.7 Å². The summed E-state index contributed by atoms with van der Waals surface area (Å²) < 4.78 is 33.2. The molecule has 1 aromatic heterocycles. The molecule has 1 radical (unpaired) electrons. The maximum atomic E-state index is 13.7. The van der Waals surface area contributed by atoms with E-state index in [9.17, 15) is 14.2 Å². The van der Waals surface area contributed by atoms with Crippen molar-refractivity contribution in [3.63, 3.8) is 0 Å². The molecule has 0 spiro atoms. The number of benzene rings is 3. The molecule has 4 aromatic rings. The quantitative estimate of drug-likeness (QED) is 0.212. The number of rotatable bonds is 2. The summed E-state index contributed by atoms with van der Waals surface area (Å²) in [6, 6.07) is 19.0. The zero-order chi connectivity index (χ0) is 24.4. The van der Waals surface area contributed by atoms with Gasteiger partial charge in [0.1, 0.15) is 17.2 Å². The molecule has 0 N–H and O–H groups in total. The number of hydrogen-bond donors (Lipinski definition) is 0. The molecule has 0 amide bonds. The Balaban J connectivity index is 0.000000344. The SMILES string of the molecule is [CH2-]/C(C)=c1/oc2ccccc2/c1=C(\C)CC.[CH3-].[CH3-].[N-]=C1c2ccccc2CN1c1c(F)cccc1F.[Ta]. The van der Waals surface area contributed by atoms with Gasteiger partial charge in [0.2, 0.25) is 0 Å². The van der Waals surface area contributed by atoms with Gasteiger partial charge in [0, 0.05) is 33.5 Å². The molecular weight excluding hydrogens is 635 g/mol. The first kappa shape index (κ1) is 31.9. The van der Waals surface area contributed by atoms with Crippen molar-refractivity contribution >= 4 is 33.6 Å². The molecule has 0 bridgehead atoms. The van der Waals surface area contributed by atoms with Gasteiger partial charge in [-0.3, -0.25) is 0 Å². The third-order valence-corrected chi connectivity index (χ3v) is 5.99. The number of amidine groups is 1. The summed E-state index contributed by atoms with van der Waals surface area (Å²) in [5.74, 6) is -1.49. The molecule has 0 unspecified atom stereocenters. The van der Waals surface area contributed by atoms with Gasteiger partial charge in [0.25, 0.3) is 0 Å². The predicted octanol–water partition coefficient (Wildman–Crippen LogP) is 7.22. The van der Waals surface area contributed by atoms with E-state index in [1.807, 2.05) is 37.3 Å². The van der Waals surface area contributed by atoms with Crippen LogP contribution in [0.3, 0.4) is 0 Å². The summed E-state index contributed by atoms with van der Waals surface area (Å²) in [5.41, 5.74) is 5.45. The van der Waals surface area contributed by atoms with Crippen LogP contribution < -0.4 is 15.5 Å². The van der Waals surface area contributed by atoms with Crippen LogP contribution in [-0.2, 0) is 28.9 Å². The van der Waals surface area contributed by atoms with Crippen LogP contribution in [0.1, 0.15) is 38.3 Å². The molecule has 5 rings (SSSR count). The minimum Gasteiger partial charge on any atom is -0.545 e. The molecular formula is C31H32F2N2OTa-4. The summed E-state index contributed by atoms with van der Waals surface area (Å²) in [6.07, 6.45) is 1.03. The van der Waals surface area contributed by atoms with Crippen LogP contribution in [0.5, 0.6) is 0 Å². The van der Waals surface area contributed by atoms with Gasteiger partial charge in [-0.2, -0.15) is 5.57 Å². The minimum atomic E-state index is -0.686. The van der Waals surface area contributed by atoms with Crippen molar-refractivity contribution in [2.75, 3.05) is 4.90 Å². The first-order chi connectivity index (χ1) is 16.3. The van der Waals surface area contributed by atoms with E-state index in [1.165, 1.54) is 39.3 Å². The third-order valence-electron chi connectivity index (χ3n) is 5.99. The summed E-state index contributed by atoms with van der Waals surface area (Å²) in [4.78, 5) is 1.25. The molecule has 0 fully saturated rings. The second kappa shape index (κ2) is 13.4. The van der Waals surface area contributed by atoms with Crippen molar-refractivity contribution in [3.05, 3.63) is 127 Å². The van der Waals surface area contributed by atoms with E-state index in [4.69, 9.17) is 4.42 Å². The van der Waals surface area contributed by atoms with E-state index in [0.717, 1.165) is 28.6 Å². The second-order valence-corrected chi connectivity index (χ2v) is 8.35. The molecule has 1 aliphatic rings. The van der Waals surface area contributed by atoms with Crippen LogP contribution in [0, 0.1) is 33.4 Å². The predicted molar refractivity (Wildman–Crippen MR) is 149 cm³/mol. The fraction of sp³-hybridized carbons (Fsp3) is 0.161. The Bertz CT molecular complexity index is 1480. The van der Waals surface area contributed by atoms with Gasteiger partial charge in [-0.15, -0.1) is 0 Å². The van der Waals surface area contributed by atoms with Gasteiger partial charge in [-0.05, 0) is 54.6 Å². The summed E-state index contributed by atoms with van der Waals surface area (Å²) in [7, 11) is 0. The molecule has 0 saturated carbocycles. The zero-order valence-corrected chi connectivity index (χ0v) is 25.2. The van der Waals surface area contributed by atoms with E-state index in [-0.39, 0.29) is 55.3 Å². The number of furan rings is 1. The number of nitrogens with zero attached hydrogens (tertiary/aromatic N) is 2. The molecule has 195 valence electrons. The summed E-state index contributed by atoms with van der Waals surface area (Å²) >= 11 is 0. The van der Waals surface area contributed by atoms with Crippen LogP contribution in [0.2, 0.25) is 0 Å². The Hall–Kier alpha value is -3.12. The average Bonchev–Trinajstić information content (AvgIpc) is 3.38. The second-order valence-electron chi connectivity index (χ2n) is 8.35. The average molecular weight is 668 g/mol. The largest absolute Gasteiger partial charge is 0.545 e. The molecule has 0 aliphatic carbocycles. The Labute approximate surface area is 234 Å². The standard InChI is InChI=1S/C15H17O.C14H9F2N2.2CH3.Ta/c1-5-11(4)14-12-8-6-7-9-13(12)16-15(14)10(2)3;15-11-6-3-7-12(16)13(11)18-8-9-4-1-2-5-10(9)14(18)17;;;/h6-9H,2,5H2,1,3-4H3;1-7H,8H2;2*1H3;/q4*-1;/b14-11-,15-10-;;;;. The Morgan fingerprint density at radius 2 is 1.54 bits per heavy atom. The van der Waals surface area contributed by atoms with Gasteiger partial charge >= 0.3 is 0 Å². The molecule has 2 heterocycles. The fourth-order valence-electron chi connectivity index (χ4n) is 4.15. The zero-order valence-electron chi connectivity index (χ0n) is 22.0. The molecule has 0 saturated heterocycles. The van der Waals surface area contributed by atoms with E-state index in [1.54, 1.807) is 12.1 Å². The number of para-hydroxylation sites is 2. The first-order valence-corrected chi connectivity index (χ1v) is 11.2. The monoisotopic (exact) mass is 667 g/mol. The van der Waals surface area contributed by atoms with Crippen molar-refractivity contribution in [1.82, 2.24) is 0 Å². The summed E-state index contributed by atoms with van der Waals surface area (Å²) in [5, 5.41) is 12.5. The smallest absolute Gasteiger partial charge is 0.129 e. The number of halogens is 2. The first-order valence-electron chi connectivity index (χ1n) is 11.2. The van der Waals surface area contributed by atoms with Crippen LogP contribution in [-0.4, -0.2) is 5.84 Å². The topological polar surface area (TPSA) is 38.7 Å². The Morgan fingerprint density at radius 1 is 0.946 bits per heavy atom. The van der Waals surface area contributed by atoms with Crippen molar-refractivity contribution in [3.8, 4) is 0 Å². The van der Waals surface area contributed by atoms with Gasteiger partial charge in [0.05, 0.1) is 0 Å². The van der Waals surface area contributed by atoms with Gasteiger partial charge in [-0.1, -0.05) is 79.0 Å². The van der Waals surface area contributed by atoms with Crippen molar-refractivity contribution < 1.29 is 35.6 Å². The molecule has 6 heteroatoms. The van der Waals surface area contributed by atoms with E-state index < -0.39 is 11.6 Å².